The number of hydrogen-bond donors (Lipinski definition) is 7. The maximum atomic E-state index is 14.9. The van der Waals surface area contributed by atoms with Gasteiger partial charge < -0.3 is 61.6 Å². The fourth-order valence-electron chi connectivity index (χ4n) is 12.4. The number of carbonyl (C=O) groups excluding carboxylic acids is 11. The van der Waals surface area contributed by atoms with Gasteiger partial charge >= 0.3 is 12.0 Å². The molecule has 4 rings (SSSR count). The van der Waals surface area contributed by atoms with Crippen molar-refractivity contribution >= 4 is 70.9 Å². The largest absolute Gasteiger partial charge is 0.467 e. The molecule has 11 atom stereocenters. The zero-order chi connectivity index (χ0) is 69.9. The second-order valence-corrected chi connectivity index (χ2v) is 26.0. The Labute approximate surface area is 555 Å². The third-order valence-electron chi connectivity index (χ3n) is 18.0. The van der Waals surface area contributed by atoms with Gasteiger partial charge in [-0.25, -0.2) is 9.59 Å². The number of primary amides is 1. The van der Waals surface area contributed by atoms with Crippen LogP contribution < -0.4 is 37.6 Å². The van der Waals surface area contributed by atoms with Crippen LogP contribution in [0.15, 0.2) is 66.7 Å². The van der Waals surface area contributed by atoms with Gasteiger partial charge in [0, 0.05) is 78.1 Å². The summed E-state index contributed by atoms with van der Waals surface area (Å²) in [5.41, 5.74) is 7.46. The number of anilines is 1. The van der Waals surface area contributed by atoms with Crippen molar-refractivity contribution in [2.75, 3.05) is 66.9 Å². The van der Waals surface area contributed by atoms with Gasteiger partial charge in [-0.2, -0.15) is 0 Å². The van der Waals surface area contributed by atoms with E-state index in [1.54, 1.807) is 49.8 Å². The van der Waals surface area contributed by atoms with Crippen molar-refractivity contribution in [2.24, 2.45) is 35.3 Å². The maximum absolute atomic E-state index is 14.9. The first-order valence-electron chi connectivity index (χ1n) is 33.2. The van der Waals surface area contributed by atoms with Gasteiger partial charge in [0.1, 0.15) is 24.2 Å². The van der Waals surface area contributed by atoms with E-state index in [9.17, 15) is 52.7 Å². The van der Waals surface area contributed by atoms with Crippen LogP contribution in [0.2, 0.25) is 0 Å². The van der Waals surface area contributed by atoms with Gasteiger partial charge in [0.15, 0.2) is 0 Å². The summed E-state index contributed by atoms with van der Waals surface area (Å²) in [7, 11) is 7.84. The molecule has 25 nitrogen and oxygen atoms in total. The predicted molar refractivity (Wildman–Crippen MR) is 357 cm³/mol. The van der Waals surface area contributed by atoms with E-state index in [0.717, 1.165) is 16.0 Å². The summed E-state index contributed by atoms with van der Waals surface area (Å²) in [6, 6.07) is 10.1. The van der Waals surface area contributed by atoms with Crippen LogP contribution in [0.4, 0.5) is 10.5 Å². The van der Waals surface area contributed by atoms with E-state index >= 15 is 0 Å². The number of rotatable bonds is 40. The van der Waals surface area contributed by atoms with Crippen LogP contribution in [0.1, 0.15) is 138 Å². The number of urea groups is 1. The molecule has 2 aliphatic rings. The number of carbonyl (C=O) groups is 11. The lowest BCUT2D eigenvalue weighted by Gasteiger charge is -2.41. The van der Waals surface area contributed by atoms with Crippen LogP contribution in [0.25, 0.3) is 0 Å². The standard InChI is InChI=1S/C69H107N11O14/c1-15-45(8)61(53(92-12)41-57(84)79-38-23-27-52(79)62(93-13)46(9)63(85)74-51(68(90)94-14)40-48-24-18-16-19-25-48)78(11)67(89)59(43(4)5)76-66(88)60(44(6)7)77(10)39-35-47-29-31-49(32-30-47)72-64(86)50(26-22-36-71-69(70)91)73-65(87)58(42(2)3)75-54(81)28-20-17-21-37-80-55(82)33-34-56(80)83/h16,18-19,24-25,29-34,42-46,50-53,58-62H,15,17,20-23,26-28,35-41H2,1-14H3,(H,72,86)(H,73,87)(H,74,85)(H,75,81)(H,76,88)(H3,70,71,91)/t45-,46+,50-,51-,52-,53+,58-,59-,60-,61-,62+/m0/s1. The number of nitrogens with zero attached hydrogens (tertiary/aromatic N) is 4. The normalized spacial score (nSPS) is 17.1. The molecule has 0 spiro atoms. The number of ether oxygens (including phenoxy) is 3. The Morgan fingerprint density at radius 2 is 1.33 bits per heavy atom. The summed E-state index contributed by atoms with van der Waals surface area (Å²) < 4.78 is 17.2. The van der Waals surface area contributed by atoms with E-state index in [2.05, 4.69) is 31.9 Å². The van der Waals surface area contributed by atoms with E-state index < -0.39 is 90.1 Å². The minimum Gasteiger partial charge on any atom is -0.467 e. The number of methoxy groups -OCH3 is 3. The van der Waals surface area contributed by atoms with Crippen molar-refractivity contribution in [3.63, 3.8) is 0 Å². The molecular weight excluding hydrogens is 1210 g/mol. The van der Waals surface area contributed by atoms with Crippen LogP contribution in [-0.4, -0.2) is 201 Å². The molecule has 2 aliphatic heterocycles. The summed E-state index contributed by atoms with van der Waals surface area (Å²) in [4.78, 5) is 153. The molecule has 2 aromatic rings. The fraction of sp³-hybridized carbons (Fsp3) is 0.638. The van der Waals surface area contributed by atoms with Crippen LogP contribution in [0.5, 0.6) is 0 Å². The topological polar surface area (TPSA) is 327 Å². The number of benzene rings is 2. The lowest BCUT2D eigenvalue weighted by molar-refractivity contribution is -0.149. The average molecular weight is 1310 g/mol. The molecule has 2 heterocycles. The van der Waals surface area contributed by atoms with Crippen LogP contribution in [0, 0.1) is 29.6 Å². The van der Waals surface area contributed by atoms with Crippen molar-refractivity contribution in [3.8, 4) is 0 Å². The number of likely N-dealkylation sites (tertiary alicyclic amines) is 1. The van der Waals surface area contributed by atoms with Gasteiger partial charge in [0.05, 0.1) is 49.8 Å². The highest BCUT2D eigenvalue weighted by Gasteiger charge is 2.44. The molecule has 522 valence electrons. The first-order chi connectivity index (χ1) is 44.6. The van der Waals surface area contributed by atoms with Crippen LogP contribution in [-0.2, 0) is 75.0 Å². The molecule has 0 aliphatic carbocycles. The summed E-state index contributed by atoms with van der Waals surface area (Å²) in [5, 5.41) is 16.9. The minimum atomic E-state index is -1.06. The fourth-order valence-corrected chi connectivity index (χ4v) is 12.4. The molecule has 1 fully saturated rings. The Morgan fingerprint density at radius 1 is 0.691 bits per heavy atom. The minimum absolute atomic E-state index is 0.0729. The number of hydrogen-bond acceptors (Lipinski definition) is 15. The molecule has 0 radical (unpaired) electrons. The Hall–Kier alpha value is -7.77. The van der Waals surface area contributed by atoms with Crippen molar-refractivity contribution < 1.29 is 67.0 Å². The number of unbranched alkanes of at least 4 members (excludes halogenated alkanes) is 2. The zero-order valence-corrected chi connectivity index (χ0v) is 57.8. The lowest BCUT2D eigenvalue weighted by atomic mass is 9.89. The molecule has 25 heteroatoms. The van der Waals surface area contributed by atoms with E-state index in [-0.39, 0.29) is 97.9 Å². The summed E-state index contributed by atoms with van der Waals surface area (Å²) in [5.74, 6) is -5.81. The van der Waals surface area contributed by atoms with Gasteiger partial charge in [-0.3, -0.25) is 53.0 Å². The van der Waals surface area contributed by atoms with Crippen molar-refractivity contribution in [1.82, 2.24) is 46.2 Å². The van der Waals surface area contributed by atoms with Crippen LogP contribution in [0.3, 0.4) is 0 Å². The molecule has 0 aromatic heterocycles. The molecule has 8 N–H and O–H groups in total. The Bertz CT molecular complexity index is 2850. The number of nitrogens with two attached hydrogens (primary N) is 1. The van der Waals surface area contributed by atoms with Crippen molar-refractivity contribution in [3.05, 3.63) is 77.9 Å². The number of esters is 1. The highest BCUT2D eigenvalue weighted by atomic mass is 16.5. The Kier molecular flexibility index (Phi) is 32.8. The first kappa shape index (κ1) is 78.7. The third kappa shape index (κ3) is 23.6. The van der Waals surface area contributed by atoms with E-state index in [0.29, 0.717) is 70.1 Å². The molecule has 2 aromatic carbocycles. The Morgan fingerprint density at radius 3 is 1.90 bits per heavy atom. The molecule has 0 bridgehead atoms. The summed E-state index contributed by atoms with van der Waals surface area (Å²) in [6.07, 6.45) is 5.64. The van der Waals surface area contributed by atoms with Gasteiger partial charge in [-0.05, 0) is 98.9 Å². The second-order valence-electron chi connectivity index (χ2n) is 26.0. The monoisotopic (exact) mass is 1310 g/mol. The highest BCUT2D eigenvalue weighted by molar-refractivity contribution is 6.12. The summed E-state index contributed by atoms with van der Waals surface area (Å²) >= 11 is 0. The number of imide groups is 1. The van der Waals surface area contributed by atoms with Gasteiger partial charge in [-0.1, -0.05) is 118 Å². The Balaban J connectivity index is 1.39. The first-order valence-corrected chi connectivity index (χ1v) is 33.2. The SMILES string of the molecule is CC[C@H](C)[C@@H]([C@@H](CC(=O)N1CCC[C@H]1[C@H](OC)[C@@H](C)C(=O)N[C@@H](Cc1ccccc1)C(=O)OC)OC)N(C)C(=O)[C@@H](NC(=O)[C@H](C(C)C)N(C)CCc1ccc(NC(=O)[C@H](CCCNC(N)=O)NC(=O)[C@@H](NC(=O)CCCCCN2C(=O)C=CC2=O)C(C)C)cc1)C(C)C. The number of amides is 11. The average Bonchev–Trinajstić information content (AvgIpc) is 1.36. The van der Waals surface area contributed by atoms with Crippen LogP contribution >= 0.6 is 0 Å². The summed E-state index contributed by atoms with van der Waals surface area (Å²) in [6.45, 7) is 18.2. The zero-order valence-electron chi connectivity index (χ0n) is 57.8. The van der Waals surface area contributed by atoms with Gasteiger partial charge in [0.25, 0.3) is 11.8 Å². The van der Waals surface area contributed by atoms with E-state index in [1.165, 1.54) is 33.5 Å². The quantitative estimate of drug-likeness (QED) is 0.0271. The second kappa shape index (κ2) is 39.2. The molecule has 94 heavy (non-hydrogen) atoms. The molecule has 11 amide bonds. The van der Waals surface area contributed by atoms with Gasteiger partial charge in [0.2, 0.25) is 41.4 Å². The molecule has 1 saturated heterocycles. The smallest absolute Gasteiger partial charge is 0.328 e. The predicted octanol–water partition coefficient (Wildman–Crippen LogP) is 4.65. The van der Waals surface area contributed by atoms with Crippen molar-refractivity contribution in [2.45, 2.75) is 194 Å². The van der Waals surface area contributed by atoms with E-state index in [4.69, 9.17) is 19.9 Å². The maximum Gasteiger partial charge on any atom is 0.328 e. The lowest BCUT2D eigenvalue weighted by Crippen LogP contribution is -2.60. The highest BCUT2D eigenvalue weighted by Crippen LogP contribution is 2.30. The molecular formula is C69H107N11O14. The number of nitrogens with one attached hydrogen (secondary N) is 6. The molecule has 0 unspecified atom stereocenters. The van der Waals surface area contributed by atoms with E-state index in [1.807, 2.05) is 96.0 Å². The molecule has 0 saturated carbocycles. The van der Waals surface area contributed by atoms with Crippen molar-refractivity contribution in [1.29, 1.82) is 0 Å². The van der Waals surface area contributed by atoms with Gasteiger partial charge in [-0.15, -0.1) is 0 Å². The number of likely N-dealkylation sites (N-methyl/N-ethyl adjacent to an activating group) is 2. The third-order valence-corrected chi connectivity index (χ3v) is 18.0.